The zero-order valence-electron chi connectivity index (χ0n) is 15.4. The zero-order chi connectivity index (χ0) is 18.4. The smallest absolute Gasteiger partial charge is 0.255 e. The number of ether oxygens (including phenoxy) is 2. The van der Waals surface area contributed by atoms with E-state index in [1.165, 1.54) is 11.1 Å². The molecule has 3 rings (SSSR count). The first kappa shape index (κ1) is 18.4. The molecular formula is C21H26N2O3. The molecule has 0 aliphatic carbocycles. The minimum Gasteiger partial charge on any atom is -0.496 e. The van der Waals surface area contributed by atoms with Crippen LogP contribution in [0.15, 0.2) is 48.5 Å². The highest BCUT2D eigenvalue weighted by Gasteiger charge is 2.23. The lowest BCUT2D eigenvalue weighted by Crippen LogP contribution is -2.43. The van der Waals surface area contributed by atoms with Crippen molar-refractivity contribution >= 4 is 5.91 Å². The molecule has 1 aliphatic heterocycles. The first-order chi connectivity index (χ1) is 12.7. The molecule has 0 aromatic heterocycles. The summed E-state index contributed by atoms with van der Waals surface area (Å²) in [5.41, 5.74) is 2.99. The van der Waals surface area contributed by atoms with Crippen LogP contribution >= 0.6 is 0 Å². The Morgan fingerprint density at radius 2 is 1.85 bits per heavy atom. The fraction of sp³-hybridized carbons (Fsp3) is 0.381. The van der Waals surface area contributed by atoms with Gasteiger partial charge in [-0.05, 0) is 24.6 Å². The molecule has 1 atom stereocenters. The molecule has 5 nitrogen and oxygen atoms in total. The molecule has 138 valence electrons. The van der Waals surface area contributed by atoms with Crippen molar-refractivity contribution in [2.75, 3.05) is 40.0 Å². The predicted octanol–water partition coefficient (Wildman–Crippen LogP) is 2.81. The van der Waals surface area contributed by atoms with Gasteiger partial charge in [0, 0.05) is 19.6 Å². The van der Waals surface area contributed by atoms with Crippen LogP contribution in [-0.2, 0) is 4.74 Å². The highest BCUT2D eigenvalue weighted by atomic mass is 16.5. The van der Waals surface area contributed by atoms with Gasteiger partial charge in [0.2, 0.25) is 0 Å². The minimum atomic E-state index is -0.118. The number of amides is 1. The van der Waals surface area contributed by atoms with Crippen LogP contribution in [0.1, 0.15) is 27.5 Å². The first-order valence-electron chi connectivity index (χ1n) is 8.98. The van der Waals surface area contributed by atoms with Crippen LogP contribution in [0.2, 0.25) is 0 Å². The Morgan fingerprint density at radius 1 is 1.15 bits per heavy atom. The van der Waals surface area contributed by atoms with E-state index in [9.17, 15) is 4.79 Å². The van der Waals surface area contributed by atoms with E-state index >= 15 is 0 Å². The normalized spacial score (nSPS) is 16.1. The number of carbonyl (C=O) groups excluding carboxylic acids is 1. The molecule has 2 aromatic rings. The van der Waals surface area contributed by atoms with Crippen molar-refractivity contribution < 1.29 is 14.3 Å². The van der Waals surface area contributed by atoms with Gasteiger partial charge in [-0.25, -0.2) is 0 Å². The summed E-state index contributed by atoms with van der Waals surface area (Å²) in [6, 6.07) is 15.9. The maximum absolute atomic E-state index is 12.7. The molecule has 0 unspecified atom stereocenters. The first-order valence-corrected chi connectivity index (χ1v) is 8.98. The molecule has 1 fully saturated rings. The molecule has 1 aliphatic rings. The van der Waals surface area contributed by atoms with Gasteiger partial charge in [0.25, 0.3) is 5.91 Å². The topological polar surface area (TPSA) is 50.8 Å². The number of hydrogen-bond donors (Lipinski definition) is 1. The highest BCUT2D eigenvalue weighted by molar-refractivity contribution is 5.96. The van der Waals surface area contributed by atoms with Gasteiger partial charge in [-0.2, -0.15) is 0 Å². The standard InChI is InChI=1S/C21H26N2O3/c1-16-7-9-17(10-8-16)19(23-11-13-26-14-12-23)15-22-21(24)18-5-3-4-6-20(18)25-2/h3-10,19H,11-15H2,1-2H3,(H,22,24)/t19-/m0/s1. The largest absolute Gasteiger partial charge is 0.496 e. The van der Waals surface area contributed by atoms with Crippen molar-refractivity contribution in [2.45, 2.75) is 13.0 Å². The molecule has 1 heterocycles. The molecule has 0 radical (unpaired) electrons. The molecule has 5 heteroatoms. The van der Waals surface area contributed by atoms with Gasteiger partial charge in [-0.1, -0.05) is 42.0 Å². The number of nitrogens with zero attached hydrogens (tertiary/aromatic N) is 1. The Morgan fingerprint density at radius 3 is 2.54 bits per heavy atom. The molecular weight excluding hydrogens is 328 g/mol. The second-order valence-electron chi connectivity index (χ2n) is 6.49. The number of methoxy groups -OCH3 is 1. The number of para-hydroxylation sites is 1. The van der Waals surface area contributed by atoms with Gasteiger partial charge in [0.15, 0.2) is 0 Å². The van der Waals surface area contributed by atoms with Gasteiger partial charge in [-0.15, -0.1) is 0 Å². The molecule has 0 bridgehead atoms. The summed E-state index contributed by atoms with van der Waals surface area (Å²) >= 11 is 0. The lowest BCUT2D eigenvalue weighted by Gasteiger charge is -2.35. The van der Waals surface area contributed by atoms with E-state index in [4.69, 9.17) is 9.47 Å². The van der Waals surface area contributed by atoms with Crippen LogP contribution in [0.25, 0.3) is 0 Å². The van der Waals surface area contributed by atoms with Crippen molar-refractivity contribution in [2.24, 2.45) is 0 Å². The Balaban J connectivity index is 1.75. The van der Waals surface area contributed by atoms with Crippen molar-refractivity contribution in [3.05, 3.63) is 65.2 Å². The van der Waals surface area contributed by atoms with E-state index < -0.39 is 0 Å². The minimum absolute atomic E-state index is 0.118. The fourth-order valence-corrected chi connectivity index (χ4v) is 3.25. The number of nitrogens with one attached hydrogen (secondary N) is 1. The third-order valence-corrected chi connectivity index (χ3v) is 4.76. The number of carbonyl (C=O) groups is 1. The highest BCUT2D eigenvalue weighted by Crippen LogP contribution is 2.23. The Bertz CT molecular complexity index is 724. The third-order valence-electron chi connectivity index (χ3n) is 4.76. The van der Waals surface area contributed by atoms with E-state index in [0.717, 1.165) is 26.3 Å². The summed E-state index contributed by atoms with van der Waals surface area (Å²) < 4.78 is 10.8. The number of hydrogen-bond acceptors (Lipinski definition) is 4. The summed E-state index contributed by atoms with van der Waals surface area (Å²) in [7, 11) is 1.58. The fourth-order valence-electron chi connectivity index (χ4n) is 3.25. The van der Waals surface area contributed by atoms with Crippen LogP contribution < -0.4 is 10.1 Å². The van der Waals surface area contributed by atoms with Crippen LogP contribution in [0.5, 0.6) is 5.75 Å². The SMILES string of the molecule is COc1ccccc1C(=O)NC[C@@H](c1ccc(C)cc1)N1CCOCC1. The number of benzene rings is 2. The Kier molecular flexibility index (Phi) is 6.26. The van der Waals surface area contributed by atoms with E-state index in [2.05, 4.69) is 41.4 Å². The number of rotatable bonds is 6. The Hall–Kier alpha value is -2.37. The molecule has 2 aromatic carbocycles. The predicted molar refractivity (Wildman–Crippen MR) is 102 cm³/mol. The molecule has 0 saturated carbocycles. The Labute approximate surface area is 154 Å². The summed E-state index contributed by atoms with van der Waals surface area (Å²) in [5.74, 6) is 0.469. The summed E-state index contributed by atoms with van der Waals surface area (Å²) in [4.78, 5) is 15.0. The third kappa shape index (κ3) is 4.42. The monoisotopic (exact) mass is 354 g/mol. The molecule has 26 heavy (non-hydrogen) atoms. The lowest BCUT2D eigenvalue weighted by molar-refractivity contribution is 0.0162. The van der Waals surface area contributed by atoms with E-state index in [0.29, 0.717) is 17.9 Å². The second-order valence-corrected chi connectivity index (χ2v) is 6.49. The number of morpholine rings is 1. The summed E-state index contributed by atoms with van der Waals surface area (Å²) in [6.45, 7) is 5.80. The van der Waals surface area contributed by atoms with Gasteiger partial charge in [-0.3, -0.25) is 9.69 Å². The number of aryl methyl sites for hydroxylation is 1. The zero-order valence-corrected chi connectivity index (χ0v) is 15.4. The second kappa shape index (κ2) is 8.83. The average molecular weight is 354 g/mol. The van der Waals surface area contributed by atoms with E-state index in [1.54, 1.807) is 19.2 Å². The van der Waals surface area contributed by atoms with Crippen molar-refractivity contribution in [3.63, 3.8) is 0 Å². The van der Waals surface area contributed by atoms with Gasteiger partial charge in [0.1, 0.15) is 5.75 Å². The molecule has 1 saturated heterocycles. The maximum atomic E-state index is 12.7. The quantitative estimate of drug-likeness (QED) is 0.867. The lowest BCUT2D eigenvalue weighted by atomic mass is 10.0. The van der Waals surface area contributed by atoms with E-state index in [-0.39, 0.29) is 11.9 Å². The van der Waals surface area contributed by atoms with Gasteiger partial charge >= 0.3 is 0 Å². The van der Waals surface area contributed by atoms with Crippen LogP contribution in [0.3, 0.4) is 0 Å². The van der Waals surface area contributed by atoms with Gasteiger partial charge < -0.3 is 14.8 Å². The van der Waals surface area contributed by atoms with Crippen LogP contribution in [0.4, 0.5) is 0 Å². The molecule has 1 N–H and O–H groups in total. The van der Waals surface area contributed by atoms with Crippen molar-refractivity contribution in [1.82, 2.24) is 10.2 Å². The average Bonchev–Trinajstić information content (AvgIpc) is 2.70. The van der Waals surface area contributed by atoms with Gasteiger partial charge in [0.05, 0.1) is 31.9 Å². The summed E-state index contributed by atoms with van der Waals surface area (Å²) in [5, 5.41) is 3.08. The van der Waals surface area contributed by atoms with Crippen molar-refractivity contribution in [3.8, 4) is 5.75 Å². The summed E-state index contributed by atoms with van der Waals surface area (Å²) in [6.07, 6.45) is 0. The van der Waals surface area contributed by atoms with Crippen LogP contribution in [0, 0.1) is 6.92 Å². The molecule has 1 amide bonds. The molecule has 0 spiro atoms. The van der Waals surface area contributed by atoms with E-state index in [1.807, 2.05) is 12.1 Å². The van der Waals surface area contributed by atoms with Crippen LogP contribution in [-0.4, -0.2) is 50.8 Å². The van der Waals surface area contributed by atoms with Crippen molar-refractivity contribution in [1.29, 1.82) is 0 Å². The maximum Gasteiger partial charge on any atom is 0.255 e.